The number of aldehydes is 1. The minimum Gasteiger partial charge on any atom is -0.298 e. The Balaban J connectivity index is 0.000000561. The minimum absolute atomic E-state index is 0.613. The topological polar surface area (TPSA) is 17.1 Å². The Morgan fingerprint density at radius 1 is 1.25 bits per heavy atom. The molecule has 0 saturated carbocycles. The van der Waals surface area contributed by atoms with E-state index in [2.05, 4.69) is 0 Å². The lowest BCUT2D eigenvalue weighted by molar-refractivity contribution is 0.112. The number of carbonyl (C=O) groups is 1. The molecule has 2 heteroatoms. The van der Waals surface area contributed by atoms with Gasteiger partial charge in [0.05, 0.1) is 0 Å². The Morgan fingerprint density at radius 3 is 2.25 bits per heavy atom. The Bertz CT molecular complexity index is 236. The van der Waals surface area contributed by atoms with Gasteiger partial charge in [-0.25, -0.2) is 0 Å². The van der Waals surface area contributed by atoms with Crippen molar-refractivity contribution in [1.29, 1.82) is 0 Å². The molecule has 0 unspecified atom stereocenters. The van der Waals surface area contributed by atoms with Crippen molar-refractivity contribution in [1.82, 2.24) is 0 Å². The van der Waals surface area contributed by atoms with E-state index < -0.39 is 0 Å². The van der Waals surface area contributed by atoms with Gasteiger partial charge in [-0.05, 0) is 30.7 Å². The predicted octanol–water partition coefficient (Wildman–Crippen LogP) is 3.49. The molecule has 0 fully saturated rings. The fourth-order valence-electron chi connectivity index (χ4n) is 0.833. The first kappa shape index (κ1) is 11.2. The summed E-state index contributed by atoms with van der Waals surface area (Å²) in [5.74, 6) is 0. The Kier molecular flexibility index (Phi) is 5.39. The van der Waals surface area contributed by atoms with Crippen LogP contribution in [0.1, 0.15) is 29.8 Å². The number of aryl methyl sites for hydroxylation is 1. The molecule has 0 aliphatic carbocycles. The summed E-state index contributed by atoms with van der Waals surface area (Å²) in [6, 6.07) is 5.25. The zero-order valence-electron chi connectivity index (χ0n) is 7.60. The molecule has 0 amide bonds. The van der Waals surface area contributed by atoms with Gasteiger partial charge in [0.25, 0.3) is 0 Å². The minimum atomic E-state index is 0.613. The number of carbonyl (C=O) groups excluding carboxylic acids is 1. The van der Waals surface area contributed by atoms with Crippen LogP contribution in [-0.2, 0) is 0 Å². The molecule has 1 nitrogen and oxygen atoms in total. The van der Waals surface area contributed by atoms with Gasteiger partial charge < -0.3 is 0 Å². The highest BCUT2D eigenvalue weighted by Gasteiger charge is 1.93. The largest absolute Gasteiger partial charge is 0.298 e. The van der Waals surface area contributed by atoms with Crippen LogP contribution in [0.3, 0.4) is 0 Å². The molecule has 1 rings (SSSR count). The van der Waals surface area contributed by atoms with Crippen LogP contribution in [-0.4, -0.2) is 6.29 Å². The summed E-state index contributed by atoms with van der Waals surface area (Å²) in [5, 5.41) is 0.613. The number of rotatable bonds is 1. The van der Waals surface area contributed by atoms with Gasteiger partial charge in [-0.1, -0.05) is 25.4 Å². The molecular formula is C10H13ClO. The monoisotopic (exact) mass is 184 g/mol. The first-order chi connectivity index (χ1) is 5.72. The van der Waals surface area contributed by atoms with Gasteiger partial charge in [0.1, 0.15) is 6.29 Å². The quantitative estimate of drug-likeness (QED) is 0.611. The number of benzene rings is 1. The van der Waals surface area contributed by atoms with E-state index in [0.29, 0.717) is 10.6 Å². The second kappa shape index (κ2) is 5.78. The van der Waals surface area contributed by atoms with Crippen LogP contribution in [0.25, 0.3) is 0 Å². The fraction of sp³-hybridized carbons (Fsp3) is 0.300. The molecule has 0 aliphatic heterocycles. The summed E-state index contributed by atoms with van der Waals surface area (Å²) in [6.45, 7) is 5.90. The maximum absolute atomic E-state index is 10.3. The molecule has 0 N–H and O–H groups in total. The second-order valence-corrected chi connectivity index (χ2v) is 2.62. The molecule has 0 bridgehead atoms. The molecule has 0 radical (unpaired) electrons. The van der Waals surface area contributed by atoms with Gasteiger partial charge in [-0.15, -0.1) is 0 Å². The number of hydrogen-bond acceptors (Lipinski definition) is 1. The average molecular weight is 185 g/mol. The van der Waals surface area contributed by atoms with Gasteiger partial charge >= 0.3 is 0 Å². The first-order valence-electron chi connectivity index (χ1n) is 3.95. The first-order valence-corrected chi connectivity index (χ1v) is 4.32. The molecular weight excluding hydrogens is 172 g/mol. The maximum atomic E-state index is 10.3. The highest BCUT2D eigenvalue weighted by molar-refractivity contribution is 6.30. The van der Waals surface area contributed by atoms with Gasteiger partial charge in [0, 0.05) is 10.6 Å². The van der Waals surface area contributed by atoms with Crippen molar-refractivity contribution in [3.8, 4) is 0 Å². The summed E-state index contributed by atoms with van der Waals surface area (Å²) in [7, 11) is 0. The molecule has 12 heavy (non-hydrogen) atoms. The summed E-state index contributed by atoms with van der Waals surface area (Å²) >= 11 is 5.67. The lowest BCUT2D eigenvalue weighted by Crippen LogP contribution is -1.80. The van der Waals surface area contributed by atoms with Crippen LogP contribution in [0, 0.1) is 6.92 Å². The zero-order chi connectivity index (χ0) is 9.56. The van der Waals surface area contributed by atoms with Gasteiger partial charge in [0.2, 0.25) is 0 Å². The van der Waals surface area contributed by atoms with Crippen molar-refractivity contribution in [2.24, 2.45) is 0 Å². The lowest BCUT2D eigenvalue weighted by Gasteiger charge is -1.94. The molecule has 0 spiro atoms. The predicted molar refractivity (Wildman–Crippen MR) is 52.9 cm³/mol. The summed E-state index contributed by atoms with van der Waals surface area (Å²) in [6.07, 6.45) is 0.791. The molecule has 0 atom stereocenters. The van der Waals surface area contributed by atoms with E-state index in [0.717, 1.165) is 11.8 Å². The summed E-state index contributed by atoms with van der Waals surface area (Å²) < 4.78 is 0. The Labute approximate surface area is 78.4 Å². The lowest BCUT2D eigenvalue weighted by atomic mass is 10.2. The van der Waals surface area contributed by atoms with E-state index in [4.69, 9.17) is 11.6 Å². The van der Waals surface area contributed by atoms with Crippen molar-refractivity contribution >= 4 is 17.9 Å². The van der Waals surface area contributed by atoms with E-state index in [1.807, 2.05) is 26.8 Å². The molecule has 0 heterocycles. The molecule has 1 aromatic carbocycles. The average Bonchev–Trinajstić information content (AvgIpc) is 2.06. The van der Waals surface area contributed by atoms with Crippen LogP contribution in [0.2, 0.25) is 5.02 Å². The zero-order valence-corrected chi connectivity index (χ0v) is 8.35. The van der Waals surface area contributed by atoms with E-state index in [-0.39, 0.29) is 0 Å². The standard InChI is InChI=1S/C8H7ClO.C2H6/c1-6-2-7(5-10)4-8(9)3-6;1-2/h2-5H,1H3;1-2H3. The van der Waals surface area contributed by atoms with Gasteiger partial charge in [0.15, 0.2) is 0 Å². The van der Waals surface area contributed by atoms with E-state index in [9.17, 15) is 4.79 Å². The van der Waals surface area contributed by atoms with Crippen molar-refractivity contribution < 1.29 is 4.79 Å². The highest BCUT2D eigenvalue weighted by Crippen LogP contribution is 2.12. The Hall–Kier alpha value is -0.820. The third-order valence-electron chi connectivity index (χ3n) is 1.20. The maximum Gasteiger partial charge on any atom is 0.150 e. The number of hydrogen-bond donors (Lipinski definition) is 0. The molecule has 0 aliphatic rings. The molecule has 0 aromatic heterocycles. The number of halogens is 1. The second-order valence-electron chi connectivity index (χ2n) is 2.18. The summed E-state index contributed by atoms with van der Waals surface area (Å²) in [4.78, 5) is 10.3. The molecule has 66 valence electrons. The van der Waals surface area contributed by atoms with Gasteiger partial charge in [-0.3, -0.25) is 4.79 Å². The highest BCUT2D eigenvalue weighted by atomic mass is 35.5. The van der Waals surface area contributed by atoms with Crippen molar-refractivity contribution in [3.63, 3.8) is 0 Å². The van der Waals surface area contributed by atoms with Crippen LogP contribution >= 0.6 is 11.6 Å². The molecule has 1 aromatic rings. The summed E-state index contributed by atoms with van der Waals surface area (Å²) in [5.41, 5.74) is 1.64. The van der Waals surface area contributed by atoms with Crippen LogP contribution in [0.15, 0.2) is 18.2 Å². The van der Waals surface area contributed by atoms with Crippen molar-refractivity contribution in [3.05, 3.63) is 34.3 Å². The molecule has 0 saturated heterocycles. The van der Waals surface area contributed by atoms with Crippen molar-refractivity contribution in [2.45, 2.75) is 20.8 Å². The normalized spacial score (nSPS) is 8.33. The fourth-order valence-corrected chi connectivity index (χ4v) is 1.13. The van der Waals surface area contributed by atoms with E-state index in [1.165, 1.54) is 0 Å². The third-order valence-corrected chi connectivity index (χ3v) is 1.42. The smallest absolute Gasteiger partial charge is 0.150 e. The van der Waals surface area contributed by atoms with E-state index in [1.54, 1.807) is 12.1 Å². The SMILES string of the molecule is CC.Cc1cc(Cl)cc(C=O)c1. The van der Waals surface area contributed by atoms with Gasteiger partial charge in [-0.2, -0.15) is 0 Å². The van der Waals surface area contributed by atoms with Crippen LogP contribution in [0.4, 0.5) is 0 Å². The van der Waals surface area contributed by atoms with Crippen LogP contribution in [0.5, 0.6) is 0 Å². The Morgan fingerprint density at radius 2 is 1.83 bits per heavy atom. The van der Waals surface area contributed by atoms with Crippen LogP contribution < -0.4 is 0 Å². The van der Waals surface area contributed by atoms with Crippen molar-refractivity contribution in [2.75, 3.05) is 0 Å². The van der Waals surface area contributed by atoms with E-state index >= 15 is 0 Å². The third kappa shape index (κ3) is 3.54.